The molecule has 7 heteroatoms. The molecule has 0 amide bonds. The average molecular weight is 207 g/mol. The Hall–Kier alpha value is 1.47. The Balaban J connectivity index is 0. The van der Waals surface area contributed by atoms with E-state index in [1.807, 2.05) is 0 Å². The minimum atomic E-state index is -4.35. The number of likely N-dealkylation sites (N-methyl/N-ethyl adjacent to an activating group) is 1. The van der Waals surface area contributed by atoms with Crippen LogP contribution in [0.5, 0.6) is 0 Å². The molecule has 0 aromatic heterocycles. The molecule has 0 atom stereocenters. The zero-order valence-corrected chi connectivity index (χ0v) is 10.6. The van der Waals surface area contributed by atoms with Crippen LogP contribution in [0.15, 0.2) is 0 Å². The van der Waals surface area contributed by atoms with Crippen LogP contribution in [0, 0.1) is 0 Å². The minimum absolute atomic E-state index is 0. The Kier molecular flexibility index (Phi) is 9.42. The van der Waals surface area contributed by atoms with Gasteiger partial charge < -0.3 is 9.66 Å². The number of aliphatic hydroxyl groups excluding tert-OH is 1. The average Bonchev–Trinajstić information content (AvgIpc) is 1.80. The molecule has 0 spiro atoms. The van der Waals surface area contributed by atoms with Crippen molar-refractivity contribution < 1.29 is 69.5 Å². The van der Waals surface area contributed by atoms with E-state index in [0.717, 1.165) is 0 Å². The predicted octanol–water partition coefficient (Wildman–Crippen LogP) is -4.24. The van der Waals surface area contributed by atoms with E-state index >= 15 is 0 Å². The molecule has 0 aliphatic carbocycles. The molecule has 0 rings (SSSR count). The third kappa shape index (κ3) is 6.61. The van der Waals surface area contributed by atoms with E-state index in [1.54, 1.807) is 0 Å². The van der Waals surface area contributed by atoms with Gasteiger partial charge in [-0.15, -0.1) is 0 Å². The van der Waals surface area contributed by atoms with Gasteiger partial charge in [0.25, 0.3) is 0 Å². The zero-order chi connectivity index (χ0) is 8.20. The summed E-state index contributed by atoms with van der Waals surface area (Å²) < 4.78 is 31.3. The van der Waals surface area contributed by atoms with Crippen molar-refractivity contribution in [3.63, 3.8) is 0 Å². The summed E-state index contributed by atoms with van der Waals surface area (Å²) in [6, 6.07) is 0. The molecule has 0 fully saturated rings. The van der Waals surface area contributed by atoms with E-state index in [0.29, 0.717) is 4.31 Å². The molecule has 0 saturated carbocycles. The number of hydrogen-bond donors (Lipinski definition) is 1. The summed E-state index contributed by atoms with van der Waals surface area (Å²) >= 11 is 0. The smallest absolute Gasteiger partial charge is 0.735 e. The molecule has 0 unspecified atom stereocenters. The van der Waals surface area contributed by atoms with Gasteiger partial charge in [-0.05, 0) is 0 Å². The number of rotatable bonds is 4. The molecule has 0 aromatic rings. The molecule has 0 aliphatic rings. The fraction of sp³-hybridized carbons (Fsp3) is 1.00. The van der Waals surface area contributed by atoms with Gasteiger partial charge >= 0.3 is 51.4 Å². The van der Waals surface area contributed by atoms with Gasteiger partial charge in [-0.2, -0.15) is 0 Å². The first-order valence-electron chi connectivity index (χ1n) is 2.84. The van der Waals surface area contributed by atoms with Gasteiger partial charge in [-0.3, -0.25) is 0 Å². The number of aliphatic hydroxyl groups is 1. The van der Waals surface area contributed by atoms with Crippen LogP contribution in [0.2, 0.25) is 0 Å². The molecule has 0 aliphatic heterocycles. The summed E-state index contributed by atoms with van der Waals surface area (Å²) in [5.74, 6) is 0. The quantitative estimate of drug-likeness (QED) is 0.374. The molecule has 0 bridgehead atoms. The normalized spacial score (nSPS) is 11.3. The van der Waals surface area contributed by atoms with Crippen molar-refractivity contribution in [3.05, 3.63) is 0 Å². The van der Waals surface area contributed by atoms with E-state index < -0.39 is 10.3 Å². The fourth-order valence-electron chi connectivity index (χ4n) is 0.540. The molecular weight excluding hydrogens is 197 g/mol. The number of nitrogens with zero attached hydrogens (tertiary/aromatic N) is 1. The molecule has 62 valence electrons. The first kappa shape index (κ1) is 15.0. The second kappa shape index (κ2) is 6.93. The molecule has 0 radical (unpaired) electrons. The van der Waals surface area contributed by atoms with Crippen molar-refractivity contribution in [2.24, 2.45) is 0 Å². The van der Waals surface area contributed by atoms with Gasteiger partial charge in [0.15, 0.2) is 10.3 Å². The molecule has 11 heavy (non-hydrogen) atoms. The van der Waals surface area contributed by atoms with Crippen LogP contribution < -0.4 is 51.4 Å². The minimum Gasteiger partial charge on any atom is -0.735 e. The Morgan fingerprint density at radius 2 is 2.00 bits per heavy atom. The van der Waals surface area contributed by atoms with Crippen LogP contribution in [0.1, 0.15) is 6.92 Å². The van der Waals surface area contributed by atoms with Crippen LogP contribution in [-0.4, -0.2) is 42.1 Å². The summed E-state index contributed by atoms with van der Waals surface area (Å²) in [4.78, 5) is 0. The van der Waals surface area contributed by atoms with Gasteiger partial charge in [0.2, 0.25) is 0 Å². The zero-order valence-electron chi connectivity index (χ0n) is 6.65. The summed E-state index contributed by atoms with van der Waals surface area (Å²) in [6.45, 7) is 1.19. The van der Waals surface area contributed by atoms with Gasteiger partial charge in [-0.1, -0.05) is 6.92 Å². The van der Waals surface area contributed by atoms with Gasteiger partial charge in [0.05, 0.1) is 6.61 Å². The maximum atomic E-state index is 10.2. The summed E-state index contributed by atoms with van der Waals surface area (Å²) in [5, 5.41) is 8.29. The van der Waals surface area contributed by atoms with Crippen molar-refractivity contribution in [3.8, 4) is 0 Å². The Bertz CT molecular complexity index is 181. The first-order valence-corrected chi connectivity index (χ1v) is 4.20. The molecule has 1 N–H and O–H groups in total. The van der Waals surface area contributed by atoms with Crippen molar-refractivity contribution in [2.75, 3.05) is 19.7 Å². The summed E-state index contributed by atoms with van der Waals surface area (Å²) in [5.41, 5.74) is 0. The van der Waals surface area contributed by atoms with E-state index in [-0.39, 0.29) is 71.1 Å². The van der Waals surface area contributed by atoms with Crippen LogP contribution in [-0.2, 0) is 10.3 Å². The molecule has 0 saturated heterocycles. The second-order valence-corrected chi connectivity index (χ2v) is 3.04. The fourth-order valence-corrected chi connectivity index (χ4v) is 1.16. The van der Waals surface area contributed by atoms with Gasteiger partial charge in [-0.25, -0.2) is 12.7 Å². The van der Waals surface area contributed by atoms with E-state index in [9.17, 15) is 13.0 Å². The van der Waals surface area contributed by atoms with Crippen LogP contribution in [0.4, 0.5) is 0 Å². The van der Waals surface area contributed by atoms with Gasteiger partial charge in [0.1, 0.15) is 0 Å². The van der Waals surface area contributed by atoms with Gasteiger partial charge in [0, 0.05) is 13.1 Å². The third-order valence-electron chi connectivity index (χ3n) is 1.02. The van der Waals surface area contributed by atoms with Crippen molar-refractivity contribution in [2.45, 2.75) is 6.92 Å². The first-order chi connectivity index (χ1) is 4.52. The maximum Gasteiger partial charge on any atom is 1.00 e. The van der Waals surface area contributed by atoms with Crippen molar-refractivity contribution in [1.82, 2.24) is 4.31 Å². The standard InChI is InChI=1S/C4H11NO4S.K/c1-2-5(3-4-6)10(7,8)9;/h6H,2-4H2,1H3,(H,7,8,9);/q;+1/p-1. The number of hydrogen-bond acceptors (Lipinski definition) is 4. The van der Waals surface area contributed by atoms with Crippen molar-refractivity contribution >= 4 is 10.3 Å². The largest absolute Gasteiger partial charge is 1.00 e. The molecule has 0 heterocycles. The molecular formula is C4H10KNO4S. The summed E-state index contributed by atoms with van der Waals surface area (Å²) in [7, 11) is -4.35. The van der Waals surface area contributed by atoms with E-state index in [1.165, 1.54) is 6.92 Å². The second-order valence-electron chi connectivity index (χ2n) is 1.67. The Morgan fingerprint density at radius 3 is 2.09 bits per heavy atom. The van der Waals surface area contributed by atoms with Crippen LogP contribution in [0.3, 0.4) is 0 Å². The Labute approximate surface area is 109 Å². The molecule has 5 nitrogen and oxygen atoms in total. The van der Waals surface area contributed by atoms with E-state index in [2.05, 4.69) is 0 Å². The van der Waals surface area contributed by atoms with Crippen LogP contribution >= 0.6 is 0 Å². The monoisotopic (exact) mass is 207 g/mol. The Morgan fingerprint density at radius 1 is 1.55 bits per heavy atom. The predicted molar refractivity (Wildman–Crippen MR) is 34.0 cm³/mol. The third-order valence-corrected chi connectivity index (χ3v) is 2.09. The van der Waals surface area contributed by atoms with E-state index in [4.69, 9.17) is 5.11 Å². The van der Waals surface area contributed by atoms with Crippen LogP contribution in [0.25, 0.3) is 0 Å². The summed E-state index contributed by atoms with van der Waals surface area (Å²) in [6.07, 6.45) is 0. The SMILES string of the molecule is CCN(CCO)S(=O)(=O)[O-].[K+]. The topological polar surface area (TPSA) is 80.7 Å². The maximum absolute atomic E-state index is 10.2. The van der Waals surface area contributed by atoms with Crippen molar-refractivity contribution in [1.29, 1.82) is 0 Å². The molecule has 0 aromatic carbocycles.